The highest BCUT2D eigenvalue weighted by molar-refractivity contribution is 6.30. The molecule has 22 heavy (non-hydrogen) atoms. The highest BCUT2D eigenvalue weighted by Gasteiger charge is 2.10. The smallest absolute Gasteiger partial charge is 0.169 e. The van der Waals surface area contributed by atoms with Crippen LogP contribution < -0.4 is 15.2 Å². The highest BCUT2D eigenvalue weighted by Crippen LogP contribution is 2.32. The molecule has 2 aromatic rings. The van der Waals surface area contributed by atoms with Gasteiger partial charge in [0.15, 0.2) is 11.5 Å². The van der Waals surface area contributed by atoms with E-state index in [2.05, 4.69) is 13.8 Å². The van der Waals surface area contributed by atoms with Gasteiger partial charge in [-0.25, -0.2) is 0 Å². The first-order valence-electron chi connectivity index (χ1n) is 7.45. The summed E-state index contributed by atoms with van der Waals surface area (Å²) in [6.07, 6.45) is 0.928. The zero-order valence-corrected chi connectivity index (χ0v) is 13.7. The van der Waals surface area contributed by atoms with Crippen molar-refractivity contribution in [3.05, 3.63) is 53.6 Å². The molecule has 0 bridgehead atoms. The molecule has 0 aliphatic carbocycles. The van der Waals surface area contributed by atoms with Gasteiger partial charge in [0.25, 0.3) is 0 Å². The molecule has 3 nitrogen and oxygen atoms in total. The predicted molar refractivity (Wildman–Crippen MR) is 90.9 cm³/mol. The molecule has 0 aliphatic rings. The van der Waals surface area contributed by atoms with E-state index in [1.807, 2.05) is 42.5 Å². The molecule has 0 spiro atoms. The van der Waals surface area contributed by atoms with Crippen molar-refractivity contribution < 1.29 is 9.47 Å². The second-order valence-corrected chi connectivity index (χ2v) is 6.14. The Hall–Kier alpha value is -1.71. The van der Waals surface area contributed by atoms with E-state index in [4.69, 9.17) is 26.8 Å². The van der Waals surface area contributed by atoms with Crippen LogP contribution in [0.2, 0.25) is 5.02 Å². The quantitative estimate of drug-likeness (QED) is 0.790. The van der Waals surface area contributed by atoms with Gasteiger partial charge in [-0.1, -0.05) is 43.6 Å². The van der Waals surface area contributed by atoms with Crippen molar-refractivity contribution in [1.82, 2.24) is 0 Å². The van der Waals surface area contributed by atoms with E-state index in [0.717, 1.165) is 6.42 Å². The SMILES string of the molecule is CC(C)C[C@H](N)COc1ccccc1Oc1cccc(Cl)c1. The van der Waals surface area contributed by atoms with Gasteiger partial charge in [-0.15, -0.1) is 0 Å². The Morgan fingerprint density at radius 2 is 1.77 bits per heavy atom. The third-order valence-electron chi connectivity index (χ3n) is 3.10. The summed E-state index contributed by atoms with van der Waals surface area (Å²) in [4.78, 5) is 0. The molecule has 0 heterocycles. The fourth-order valence-electron chi connectivity index (χ4n) is 2.18. The Labute approximate surface area is 137 Å². The molecule has 0 amide bonds. The number of rotatable bonds is 7. The van der Waals surface area contributed by atoms with Gasteiger partial charge in [-0.05, 0) is 42.7 Å². The van der Waals surface area contributed by atoms with Gasteiger partial charge in [0.05, 0.1) is 0 Å². The van der Waals surface area contributed by atoms with Crippen LogP contribution in [0, 0.1) is 5.92 Å². The molecule has 0 aliphatic heterocycles. The first-order valence-corrected chi connectivity index (χ1v) is 7.83. The number of nitrogens with two attached hydrogens (primary N) is 1. The summed E-state index contributed by atoms with van der Waals surface area (Å²) in [7, 11) is 0. The Morgan fingerprint density at radius 1 is 1.05 bits per heavy atom. The number of halogens is 1. The minimum absolute atomic E-state index is 0.0132. The molecular formula is C18H22ClNO2. The number of hydrogen-bond donors (Lipinski definition) is 1. The van der Waals surface area contributed by atoms with Gasteiger partial charge in [0, 0.05) is 11.1 Å². The lowest BCUT2D eigenvalue weighted by Gasteiger charge is -2.17. The number of para-hydroxylation sites is 2. The van der Waals surface area contributed by atoms with E-state index in [0.29, 0.717) is 34.8 Å². The van der Waals surface area contributed by atoms with Crippen LogP contribution in [-0.4, -0.2) is 12.6 Å². The minimum atomic E-state index is 0.0132. The summed E-state index contributed by atoms with van der Waals surface area (Å²) in [5, 5.41) is 0.634. The predicted octanol–water partition coefficient (Wildman–Crippen LogP) is 4.88. The van der Waals surface area contributed by atoms with E-state index in [-0.39, 0.29) is 6.04 Å². The van der Waals surface area contributed by atoms with Crippen LogP contribution >= 0.6 is 11.6 Å². The lowest BCUT2D eigenvalue weighted by Crippen LogP contribution is -2.29. The standard InChI is InChI=1S/C18H22ClNO2/c1-13(2)10-15(20)12-21-17-8-3-4-9-18(17)22-16-7-5-6-14(19)11-16/h3-9,11,13,15H,10,12,20H2,1-2H3/t15-/m0/s1. The van der Waals surface area contributed by atoms with E-state index >= 15 is 0 Å². The number of benzene rings is 2. The number of hydrogen-bond acceptors (Lipinski definition) is 3. The largest absolute Gasteiger partial charge is 0.488 e. The van der Waals surface area contributed by atoms with E-state index < -0.39 is 0 Å². The maximum atomic E-state index is 6.06. The third kappa shape index (κ3) is 5.24. The molecule has 0 radical (unpaired) electrons. The van der Waals surface area contributed by atoms with Crippen molar-refractivity contribution >= 4 is 11.6 Å². The molecular weight excluding hydrogens is 298 g/mol. The molecule has 2 aromatic carbocycles. The van der Waals surface area contributed by atoms with Crippen LogP contribution in [0.15, 0.2) is 48.5 Å². The Morgan fingerprint density at radius 3 is 2.45 bits per heavy atom. The monoisotopic (exact) mass is 319 g/mol. The summed E-state index contributed by atoms with van der Waals surface area (Å²) >= 11 is 5.97. The van der Waals surface area contributed by atoms with Crippen molar-refractivity contribution in [3.63, 3.8) is 0 Å². The first kappa shape index (κ1) is 16.7. The second kappa shape index (κ2) is 8.06. The average Bonchev–Trinajstić information content (AvgIpc) is 2.46. The van der Waals surface area contributed by atoms with Crippen molar-refractivity contribution in [2.75, 3.05) is 6.61 Å². The van der Waals surface area contributed by atoms with Crippen LogP contribution in [0.3, 0.4) is 0 Å². The molecule has 118 valence electrons. The first-order chi connectivity index (χ1) is 10.5. The molecule has 0 fully saturated rings. The Balaban J connectivity index is 2.03. The van der Waals surface area contributed by atoms with Gasteiger partial charge >= 0.3 is 0 Å². The third-order valence-corrected chi connectivity index (χ3v) is 3.34. The molecule has 1 atom stereocenters. The normalized spacial score (nSPS) is 12.2. The van der Waals surface area contributed by atoms with Crippen LogP contribution in [0.4, 0.5) is 0 Å². The van der Waals surface area contributed by atoms with Crippen LogP contribution in [-0.2, 0) is 0 Å². The summed E-state index contributed by atoms with van der Waals surface area (Å²) in [5.41, 5.74) is 6.06. The van der Waals surface area contributed by atoms with E-state index in [1.54, 1.807) is 6.07 Å². The molecule has 2 N–H and O–H groups in total. The lowest BCUT2D eigenvalue weighted by molar-refractivity contribution is 0.262. The zero-order chi connectivity index (χ0) is 15.9. The summed E-state index contributed by atoms with van der Waals surface area (Å²) < 4.78 is 11.7. The van der Waals surface area contributed by atoms with Crippen LogP contribution in [0.1, 0.15) is 20.3 Å². The van der Waals surface area contributed by atoms with E-state index in [9.17, 15) is 0 Å². The van der Waals surface area contributed by atoms with Crippen LogP contribution in [0.25, 0.3) is 0 Å². The lowest BCUT2D eigenvalue weighted by atomic mass is 10.1. The van der Waals surface area contributed by atoms with Crippen molar-refractivity contribution in [2.24, 2.45) is 11.7 Å². The fraction of sp³-hybridized carbons (Fsp3) is 0.333. The van der Waals surface area contributed by atoms with Crippen molar-refractivity contribution in [2.45, 2.75) is 26.3 Å². The van der Waals surface area contributed by atoms with Crippen LogP contribution in [0.5, 0.6) is 17.2 Å². The van der Waals surface area contributed by atoms with Crippen molar-refractivity contribution in [1.29, 1.82) is 0 Å². The Bertz CT molecular complexity index is 601. The topological polar surface area (TPSA) is 44.5 Å². The molecule has 0 saturated heterocycles. The second-order valence-electron chi connectivity index (χ2n) is 5.71. The maximum absolute atomic E-state index is 6.06. The van der Waals surface area contributed by atoms with E-state index in [1.165, 1.54) is 0 Å². The number of ether oxygens (including phenoxy) is 2. The Kier molecular flexibility index (Phi) is 6.10. The van der Waals surface area contributed by atoms with Gasteiger partial charge in [0.1, 0.15) is 12.4 Å². The van der Waals surface area contributed by atoms with Gasteiger partial charge in [0.2, 0.25) is 0 Å². The summed E-state index contributed by atoms with van der Waals surface area (Å²) in [6, 6.07) is 14.8. The molecule has 0 aromatic heterocycles. The van der Waals surface area contributed by atoms with Gasteiger partial charge in [-0.3, -0.25) is 0 Å². The fourth-order valence-corrected chi connectivity index (χ4v) is 2.36. The highest BCUT2D eigenvalue weighted by atomic mass is 35.5. The van der Waals surface area contributed by atoms with Gasteiger partial charge < -0.3 is 15.2 Å². The average molecular weight is 320 g/mol. The summed E-state index contributed by atoms with van der Waals surface area (Å²) in [6.45, 7) is 4.76. The molecule has 0 unspecified atom stereocenters. The molecule has 2 rings (SSSR count). The molecule has 0 saturated carbocycles. The molecule has 4 heteroatoms. The van der Waals surface area contributed by atoms with Crippen molar-refractivity contribution in [3.8, 4) is 17.2 Å². The zero-order valence-electron chi connectivity index (χ0n) is 13.0. The maximum Gasteiger partial charge on any atom is 0.169 e. The minimum Gasteiger partial charge on any atom is -0.488 e. The summed E-state index contributed by atoms with van der Waals surface area (Å²) in [5.74, 6) is 2.56. The van der Waals surface area contributed by atoms with Gasteiger partial charge in [-0.2, -0.15) is 0 Å².